The number of nitrogens with one attached hydrogen (secondary N) is 2. The zero-order valence-corrected chi connectivity index (χ0v) is 27.1. The number of benzene rings is 1. The molecule has 3 atom stereocenters. The van der Waals surface area contributed by atoms with Gasteiger partial charge < -0.3 is 15.4 Å². The van der Waals surface area contributed by atoms with E-state index in [9.17, 15) is 14.4 Å². The summed E-state index contributed by atoms with van der Waals surface area (Å²) in [6, 6.07) is 11.2. The van der Waals surface area contributed by atoms with Crippen LogP contribution in [0.5, 0.6) is 0 Å². The molecule has 7 heteroatoms. The van der Waals surface area contributed by atoms with Gasteiger partial charge in [-0.3, -0.25) is 19.4 Å². The topological polar surface area (TPSA) is 97.4 Å². The summed E-state index contributed by atoms with van der Waals surface area (Å²) in [5, 5.41) is 5.98. The second-order valence-corrected chi connectivity index (χ2v) is 13.4. The molecule has 42 heavy (non-hydrogen) atoms. The molecule has 0 aliphatic heterocycles. The summed E-state index contributed by atoms with van der Waals surface area (Å²) in [6.45, 7) is 15.6. The van der Waals surface area contributed by atoms with Crippen LogP contribution in [0.2, 0.25) is 0 Å². The number of carbonyl (C=O) groups is 3. The zero-order valence-electron chi connectivity index (χ0n) is 27.1. The van der Waals surface area contributed by atoms with Crippen molar-refractivity contribution in [3.8, 4) is 0 Å². The van der Waals surface area contributed by atoms with Crippen molar-refractivity contribution in [1.82, 2.24) is 10.3 Å². The van der Waals surface area contributed by atoms with Crippen LogP contribution in [0.25, 0.3) is 0 Å². The Balaban J connectivity index is 2.31. The van der Waals surface area contributed by atoms with Crippen LogP contribution in [-0.4, -0.2) is 34.4 Å². The lowest BCUT2D eigenvalue weighted by Crippen LogP contribution is -2.53. The van der Waals surface area contributed by atoms with Gasteiger partial charge in [-0.05, 0) is 81.5 Å². The Morgan fingerprint density at radius 1 is 0.786 bits per heavy atom. The summed E-state index contributed by atoms with van der Waals surface area (Å²) in [6.07, 6.45) is 9.46. The van der Waals surface area contributed by atoms with Crippen LogP contribution in [-0.2, 0) is 32.0 Å². The molecular formula is C35H53N3O4. The Bertz CT molecular complexity index is 1120. The highest BCUT2D eigenvalue weighted by Gasteiger charge is 2.36. The van der Waals surface area contributed by atoms with E-state index in [1.54, 1.807) is 24.5 Å². The first kappa shape index (κ1) is 35.0. The van der Waals surface area contributed by atoms with Crippen LogP contribution in [0.3, 0.4) is 0 Å². The third-order valence-corrected chi connectivity index (χ3v) is 7.29. The number of rotatable bonds is 15. The number of esters is 1. The van der Waals surface area contributed by atoms with Gasteiger partial charge in [0.1, 0.15) is 11.6 Å². The van der Waals surface area contributed by atoms with Crippen molar-refractivity contribution >= 4 is 23.5 Å². The maximum Gasteiger partial charge on any atom is 0.309 e. The second kappa shape index (κ2) is 16.4. The quantitative estimate of drug-likeness (QED) is 0.216. The highest BCUT2D eigenvalue weighted by molar-refractivity contribution is 5.98. The molecule has 1 heterocycles. The summed E-state index contributed by atoms with van der Waals surface area (Å²) < 4.78 is 5.78. The molecule has 0 fully saturated rings. The predicted octanol–water partition coefficient (Wildman–Crippen LogP) is 7.29. The lowest BCUT2D eigenvalue weighted by atomic mass is 9.83. The van der Waals surface area contributed by atoms with Crippen LogP contribution in [0.4, 0.5) is 5.69 Å². The van der Waals surface area contributed by atoms with Crippen LogP contribution in [0.15, 0.2) is 48.8 Å². The highest BCUT2D eigenvalue weighted by Crippen LogP contribution is 2.28. The van der Waals surface area contributed by atoms with E-state index < -0.39 is 28.9 Å². The Hall–Kier alpha value is -3.22. The number of hydrogen-bond acceptors (Lipinski definition) is 5. The third-order valence-electron chi connectivity index (χ3n) is 7.29. The number of ether oxygens (including phenoxy) is 1. The standard InChI is InChI=1S/C35H53N3O4/c1-9-11-13-28(33(41)42-35(6,7)8)24-27(19-18-26-16-14-25(12-10-2)15-17-26)31(39)38-30(34(3,4)5)32(40)37-29-20-22-36-23-21-29/h14-17,20-23,27-28,30H,9-13,18-19,24H2,1-8H3,(H,38,39)(H,36,37,40)/t27-,28+,30-/m1/s1. The molecule has 0 spiro atoms. The summed E-state index contributed by atoms with van der Waals surface area (Å²) in [4.78, 5) is 44.6. The lowest BCUT2D eigenvalue weighted by molar-refractivity contribution is -0.161. The van der Waals surface area contributed by atoms with Crippen LogP contribution in [0.1, 0.15) is 105 Å². The van der Waals surface area contributed by atoms with E-state index in [4.69, 9.17) is 4.74 Å². The maximum absolute atomic E-state index is 14.0. The van der Waals surface area contributed by atoms with Gasteiger partial charge in [-0.2, -0.15) is 0 Å². The molecule has 0 saturated heterocycles. The van der Waals surface area contributed by atoms with Crippen LogP contribution in [0, 0.1) is 17.3 Å². The van der Waals surface area contributed by atoms with Crippen molar-refractivity contribution in [1.29, 1.82) is 0 Å². The van der Waals surface area contributed by atoms with Gasteiger partial charge in [0, 0.05) is 24.0 Å². The second-order valence-electron chi connectivity index (χ2n) is 13.4. The van der Waals surface area contributed by atoms with E-state index in [0.717, 1.165) is 31.2 Å². The molecular weight excluding hydrogens is 526 g/mol. The summed E-state index contributed by atoms with van der Waals surface area (Å²) in [7, 11) is 0. The minimum atomic E-state index is -0.774. The number of unbranched alkanes of at least 4 members (excludes halogenated alkanes) is 1. The zero-order chi connectivity index (χ0) is 31.3. The molecule has 0 aliphatic carbocycles. The molecule has 2 aromatic rings. The molecule has 232 valence electrons. The minimum absolute atomic E-state index is 0.215. The fraction of sp³-hybridized carbons (Fsp3) is 0.600. The van der Waals surface area contributed by atoms with Crippen molar-refractivity contribution in [3.63, 3.8) is 0 Å². The Morgan fingerprint density at radius 2 is 1.38 bits per heavy atom. The van der Waals surface area contributed by atoms with E-state index in [0.29, 0.717) is 31.4 Å². The van der Waals surface area contributed by atoms with Crippen LogP contribution < -0.4 is 10.6 Å². The number of hydrogen-bond donors (Lipinski definition) is 2. The average Bonchev–Trinajstić information content (AvgIpc) is 2.91. The van der Waals surface area contributed by atoms with Crippen LogP contribution >= 0.6 is 0 Å². The largest absolute Gasteiger partial charge is 0.460 e. The number of amides is 2. The molecule has 0 aliphatic rings. The first-order valence-corrected chi connectivity index (χ1v) is 15.6. The van der Waals surface area contributed by atoms with Crippen molar-refractivity contribution in [2.24, 2.45) is 17.3 Å². The third kappa shape index (κ3) is 12.3. The SMILES string of the molecule is CCCC[C@@H](C[C@@H](CCc1ccc(CCC)cc1)C(=O)N[C@H](C(=O)Nc1ccncc1)C(C)(C)C)C(=O)OC(C)(C)C. The molecule has 0 saturated carbocycles. The number of nitrogens with zero attached hydrogens (tertiary/aromatic N) is 1. The first-order chi connectivity index (χ1) is 19.7. The molecule has 0 bridgehead atoms. The molecule has 2 amide bonds. The number of anilines is 1. The van der Waals surface area contributed by atoms with Gasteiger partial charge in [0.05, 0.1) is 5.92 Å². The molecule has 0 radical (unpaired) electrons. The monoisotopic (exact) mass is 579 g/mol. The van der Waals surface area contributed by atoms with E-state index in [2.05, 4.69) is 53.7 Å². The molecule has 2 rings (SSSR count). The van der Waals surface area contributed by atoms with Crippen molar-refractivity contribution in [2.45, 2.75) is 118 Å². The summed E-state index contributed by atoms with van der Waals surface area (Å²) >= 11 is 0. The molecule has 1 aromatic carbocycles. The van der Waals surface area contributed by atoms with Gasteiger partial charge in [0.25, 0.3) is 0 Å². The average molecular weight is 580 g/mol. The van der Waals surface area contributed by atoms with Gasteiger partial charge in [-0.15, -0.1) is 0 Å². The number of carbonyl (C=O) groups excluding carboxylic acids is 3. The van der Waals surface area contributed by atoms with Gasteiger partial charge in [-0.25, -0.2) is 0 Å². The van der Waals surface area contributed by atoms with Gasteiger partial charge >= 0.3 is 5.97 Å². The maximum atomic E-state index is 14.0. The highest BCUT2D eigenvalue weighted by atomic mass is 16.6. The number of pyridine rings is 1. The number of aromatic nitrogens is 1. The van der Waals surface area contributed by atoms with Gasteiger partial charge in [0.15, 0.2) is 0 Å². The van der Waals surface area contributed by atoms with E-state index in [1.807, 2.05) is 41.5 Å². The molecule has 7 nitrogen and oxygen atoms in total. The number of aryl methyl sites for hydroxylation is 2. The normalized spacial score (nSPS) is 14.0. The van der Waals surface area contributed by atoms with Crippen molar-refractivity contribution in [3.05, 3.63) is 59.9 Å². The van der Waals surface area contributed by atoms with Gasteiger partial charge in [-0.1, -0.05) is 78.1 Å². The fourth-order valence-electron chi connectivity index (χ4n) is 4.95. The van der Waals surface area contributed by atoms with E-state index in [-0.39, 0.29) is 17.8 Å². The Labute approximate surface area is 253 Å². The predicted molar refractivity (Wildman–Crippen MR) is 170 cm³/mol. The molecule has 0 unspecified atom stereocenters. The fourth-order valence-corrected chi connectivity index (χ4v) is 4.95. The first-order valence-electron chi connectivity index (χ1n) is 15.6. The molecule has 2 N–H and O–H groups in total. The van der Waals surface area contributed by atoms with Crippen molar-refractivity contribution < 1.29 is 19.1 Å². The Morgan fingerprint density at radius 3 is 1.90 bits per heavy atom. The van der Waals surface area contributed by atoms with E-state index in [1.165, 1.54) is 5.56 Å². The van der Waals surface area contributed by atoms with Gasteiger partial charge in [0.2, 0.25) is 11.8 Å². The lowest BCUT2D eigenvalue weighted by Gasteiger charge is -2.32. The molecule has 1 aromatic heterocycles. The Kier molecular flexibility index (Phi) is 13.7. The smallest absolute Gasteiger partial charge is 0.309 e. The summed E-state index contributed by atoms with van der Waals surface area (Å²) in [5.41, 5.74) is 1.92. The van der Waals surface area contributed by atoms with E-state index >= 15 is 0 Å². The van der Waals surface area contributed by atoms with Crippen molar-refractivity contribution in [2.75, 3.05) is 5.32 Å². The summed E-state index contributed by atoms with van der Waals surface area (Å²) in [5.74, 6) is -1.63. The minimum Gasteiger partial charge on any atom is -0.460 e.